The third-order valence-electron chi connectivity index (χ3n) is 1.42. The molecule has 3 nitrogen and oxygen atoms in total. The van der Waals surface area contributed by atoms with E-state index in [0.717, 1.165) is 19.5 Å². The Labute approximate surface area is 62.3 Å². The standard InChI is InChI=1S/C7H17NO2/c1-7(10)3-4-8(2)5-6-9/h7,9-10H,3-6H2,1-2H3/p+1. The van der Waals surface area contributed by atoms with Gasteiger partial charge >= 0.3 is 0 Å². The number of likely N-dealkylation sites (N-methyl/N-ethyl adjacent to an activating group) is 1. The van der Waals surface area contributed by atoms with Crippen LogP contribution in [0.4, 0.5) is 0 Å². The summed E-state index contributed by atoms with van der Waals surface area (Å²) in [6.07, 6.45) is 0.587. The van der Waals surface area contributed by atoms with Crippen molar-refractivity contribution in [3.63, 3.8) is 0 Å². The van der Waals surface area contributed by atoms with Gasteiger partial charge in [-0.25, -0.2) is 0 Å². The molecule has 0 aromatic rings. The Morgan fingerprint density at radius 3 is 2.50 bits per heavy atom. The molecule has 0 radical (unpaired) electrons. The summed E-state index contributed by atoms with van der Waals surface area (Å²) >= 11 is 0. The highest BCUT2D eigenvalue weighted by atomic mass is 16.3. The Balaban J connectivity index is 3.12. The molecule has 0 rings (SSSR count). The molecule has 0 bridgehead atoms. The Kier molecular flexibility index (Phi) is 5.58. The molecule has 0 fully saturated rings. The van der Waals surface area contributed by atoms with E-state index in [4.69, 9.17) is 10.2 Å². The molecule has 62 valence electrons. The van der Waals surface area contributed by atoms with Gasteiger partial charge in [-0.3, -0.25) is 4.90 Å². The summed E-state index contributed by atoms with van der Waals surface area (Å²) in [7, 11) is 1.97. The van der Waals surface area contributed by atoms with Gasteiger partial charge in [-0.1, -0.05) is 0 Å². The van der Waals surface area contributed by atoms with Crippen molar-refractivity contribution in [1.29, 1.82) is 0 Å². The van der Waals surface area contributed by atoms with E-state index in [0.29, 0.717) is 6.61 Å². The Hall–Kier alpha value is -0.120. The monoisotopic (exact) mass is 148 g/mol. The van der Waals surface area contributed by atoms with Crippen LogP contribution in [-0.4, -0.2) is 48.0 Å². The molecule has 0 aliphatic carbocycles. The maximum atomic E-state index is 8.90. The van der Waals surface area contributed by atoms with E-state index in [1.807, 2.05) is 7.05 Å². The van der Waals surface area contributed by atoms with Crippen molar-refractivity contribution >= 4 is 0 Å². The summed E-state index contributed by atoms with van der Waals surface area (Å²) in [5.41, 5.74) is 0. The predicted molar refractivity (Wildman–Crippen MR) is 42.3 cm³/mol. The van der Waals surface area contributed by atoms with E-state index < -0.39 is 0 Å². The fourth-order valence-electron chi connectivity index (χ4n) is 0.710. The van der Waals surface area contributed by atoms with Crippen molar-refractivity contribution in [1.82, 2.24) is 4.90 Å². The lowest BCUT2D eigenvalue weighted by Crippen LogP contribution is -2.25. The minimum absolute atomic E-state index is 0.215. The first-order chi connectivity index (χ1) is 4.66. The van der Waals surface area contributed by atoms with Crippen molar-refractivity contribution in [2.24, 2.45) is 0 Å². The van der Waals surface area contributed by atoms with E-state index in [1.165, 1.54) is 0 Å². The first kappa shape index (κ1) is 9.88. The topological polar surface area (TPSA) is 46.4 Å². The minimum atomic E-state index is -0.215. The average molecular weight is 148 g/mol. The number of nitrogens with zero attached hydrogens (tertiary/aromatic N) is 1. The van der Waals surface area contributed by atoms with Crippen molar-refractivity contribution in [3.8, 4) is 0 Å². The summed E-state index contributed by atoms with van der Waals surface area (Å²) < 4.78 is 0. The fourth-order valence-corrected chi connectivity index (χ4v) is 0.710. The zero-order valence-corrected chi connectivity index (χ0v) is 6.80. The predicted octanol–water partition coefficient (Wildman–Crippen LogP) is -0.586. The second-order valence-corrected chi connectivity index (χ2v) is 2.69. The van der Waals surface area contributed by atoms with Crippen LogP contribution in [0.3, 0.4) is 0 Å². The molecule has 0 aliphatic heterocycles. The second kappa shape index (κ2) is 5.65. The van der Waals surface area contributed by atoms with Crippen LogP contribution in [0.25, 0.3) is 0 Å². The maximum Gasteiger partial charge on any atom is 0.156 e. The molecule has 0 aliphatic rings. The van der Waals surface area contributed by atoms with Crippen LogP contribution in [0.1, 0.15) is 13.3 Å². The van der Waals surface area contributed by atoms with Gasteiger partial charge < -0.3 is 10.2 Å². The first-order valence-corrected chi connectivity index (χ1v) is 3.68. The number of rotatable bonds is 5. The van der Waals surface area contributed by atoms with Crippen LogP contribution in [0, 0.1) is 0 Å². The van der Waals surface area contributed by atoms with E-state index in [1.54, 1.807) is 6.92 Å². The molecule has 3 heteroatoms. The van der Waals surface area contributed by atoms with Gasteiger partial charge in [-0.2, -0.15) is 0 Å². The van der Waals surface area contributed by atoms with Crippen molar-refractivity contribution in [2.75, 3.05) is 26.7 Å². The largest absolute Gasteiger partial charge is 0.444 e. The summed E-state index contributed by atoms with van der Waals surface area (Å²) in [6, 6.07) is 0. The van der Waals surface area contributed by atoms with Crippen LogP contribution in [0.5, 0.6) is 0 Å². The average Bonchev–Trinajstić information content (AvgIpc) is 1.85. The number of aliphatic hydroxyl groups is 1. The van der Waals surface area contributed by atoms with Gasteiger partial charge in [0.15, 0.2) is 6.61 Å². The van der Waals surface area contributed by atoms with Crippen molar-refractivity contribution in [3.05, 3.63) is 0 Å². The van der Waals surface area contributed by atoms with Crippen molar-refractivity contribution in [2.45, 2.75) is 19.4 Å². The fraction of sp³-hybridized carbons (Fsp3) is 1.00. The number of hydrogen-bond acceptors (Lipinski definition) is 2. The summed E-state index contributed by atoms with van der Waals surface area (Å²) in [5, 5.41) is 15.8. The van der Waals surface area contributed by atoms with Crippen LogP contribution in [0.15, 0.2) is 0 Å². The number of aliphatic hydroxyl groups excluding tert-OH is 1. The normalized spacial score (nSPS) is 14.1. The van der Waals surface area contributed by atoms with Crippen molar-refractivity contribution < 1.29 is 10.2 Å². The minimum Gasteiger partial charge on any atom is -0.444 e. The van der Waals surface area contributed by atoms with E-state index >= 15 is 0 Å². The molecule has 0 amide bonds. The van der Waals surface area contributed by atoms with Gasteiger partial charge in [-0.05, 0) is 20.4 Å². The summed E-state index contributed by atoms with van der Waals surface area (Å²) in [5.74, 6) is 0. The third kappa shape index (κ3) is 6.01. The number of hydrogen-bond donors (Lipinski definition) is 1. The smallest absolute Gasteiger partial charge is 0.156 e. The molecule has 0 aromatic carbocycles. The highest BCUT2D eigenvalue weighted by molar-refractivity contribution is 4.53. The molecule has 1 atom stereocenters. The highest BCUT2D eigenvalue weighted by Crippen LogP contribution is 1.91. The quantitative estimate of drug-likeness (QED) is 0.530. The van der Waals surface area contributed by atoms with Crippen LogP contribution < -0.4 is 0 Å². The molecule has 0 aromatic heterocycles. The van der Waals surface area contributed by atoms with Crippen LogP contribution >= 0.6 is 0 Å². The van der Waals surface area contributed by atoms with E-state index in [2.05, 4.69) is 4.90 Å². The van der Waals surface area contributed by atoms with E-state index in [-0.39, 0.29) is 6.10 Å². The molecular formula is C7H18NO2+. The third-order valence-corrected chi connectivity index (χ3v) is 1.42. The lowest BCUT2D eigenvalue weighted by molar-refractivity contribution is 0.154. The highest BCUT2D eigenvalue weighted by Gasteiger charge is 2.00. The molecule has 1 unspecified atom stereocenters. The van der Waals surface area contributed by atoms with Crippen LogP contribution in [0.2, 0.25) is 0 Å². The first-order valence-electron chi connectivity index (χ1n) is 3.68. The lowest BCUT2D eigenvalue weighted by Gasteiger charge is -2.14. The maximum absolute atomic E-state index is 8.90. The molecular weight excluding hydrogens is 130 g/mol. The zero-order valence-electron chi connectivity index (χ0n) is 6.80. The summed E-state index contributed by atoms with van der Waals surface area (Å²) in [4.78, 5) is 2.06. The van der Waals surface area contributed by atoms with Gasteiger partial charge in [-0.15, -0.1) is 0 Å². The Morgan fingerprint density at radius 2 is 2.10 bits per heavy atom. The lowest BCUT2D eigenvalue weighted by atomic mass is 10.3. The van der Waals surface area contributed by atoms with Gasteiger partial charge in [0.1, 0.15) is 0 Å². The van der Waals surface area contributed by atoms with E-state index in [9.17, 15) is 0 Å². The molecule has 0 spiro atoms. The Morgan fingerprint density at radius 1 is 1.50 bits per heavy atom. The van der Waals surface area contributed by atoms with Gasteiger partial charge in [0, 0.05) is 6.54 Å². The Bertz CT molecular complexity index is 76.0. The van der Waals surface area contributed by atoms with Gasteiger partial charge in [0.25, 0.3) is 0 Å². The molecule has 0 saturated heterocycles. The second-order valence-electron chi connectivity index (χ2n) is 2.69. The molecule has 10 heavy (non-hydrogen) atoms. The SMILES string of the molecule is CC(O)CCN(C)CC[OH2+]. The van der Waals surface area contributed by atoms with Gasteiger partial charge in [0.05, 0.1) is 12.6 Å². The van der Waals surface area contributed by atoms with Crippen LogP contribution in [-0.2, 0) is 0 Å². The molecule has 0 heterocycles. The molecule has 0 saturated carbocycles. The summed E-state index contributed by atoms with van der Waals surface area (Å²) in [6.45, 7) is 3.91. The zero-order chi connectivity index (χ0) is 7.98. The molecule has 3 N–H and O–H groups in total. The van der Waals surface area contributed by atoms with Gasteiger partial charge in [0.2, 0.25) is 0 Å².